The number of nitrogens with one attached hydrogen (secondary N) is 1. The smallest absolute Gasteiger partial charge is 0.130 e. The van der Waals surface area contributed by atoms with Crippen LogP contribution in [0.2, 0.25) is 0 Å². The number of rotatable bonds is 6. The van der Waals surface area contributed by atoms with E-state index in [0.29, 0.717) is 5.92 Å². The van der Waals surface area contributed by atoms with E-state index in [4.69, 9.17) is 0 Å². The molecule has 1 rings (SSSR count). The summed E-state index contributed by atoms with van der Waals surface area (Å²) < 4.78 is 27.7. The van der Waals surface area contributed by atoms with Crippen molar-refractivity contribution in [2.45, 2.75) is 40.2 Å². The van der Waals surface area contributed by atoms with Crippen LogP contribution in [0.15, 0.2) is 18.2 Å². The number of benzene rings is 1. The lowest BCUT2D eigenvalue weighted by Crippen LogP contribution is -2.31. The fraction of sp³-hybridized carbons (Fsp3) is 0.600. The van der Waals surface area contributed by atoms with Crippen molar-refractivity contribution < 1.29 is 8.78 Å². The van der Waals surface area contributed by atoms with Crippen molar-refractivity contribution in [3.63, 3.8) is 0 Å². The molecule has 1 aromatic rings. The van der Waals surface area contributed by atoms with E-state index in [-0.39, 0.29) is 17.5 Å². The fourth-order valence-electron chi connectivity index (χ4n) is 2.04. The van der Waals surface area contributed by atoms with Crippen LogP contribution in [0.25, 0.3) is 0 Å². The van der Waals surface area contributed by atoms with Gasteiger partial charge in [-0.2, -0.15) is 0 Å². The minimum absolute atomic E-state index is 0.169. The average molecular weight is 255 g/mol. The minimum atomic E-state index is -0.462. The van der Waals surface area contributed by atoms with Crippen LogP contribution in [-0.4, -0.2) is 6.54 Å². The van der Waals surface area contributed by atoms with Crippen molar-refractivity contribution in [2.75, 3.05) is 6.54 Å². The van der Waals surface area contributed by atoms with Gasteiger partial charge in [0.05, 0.1) is 0 Å². The third-order valence-corrected chi connectivity index (χ3v) is 3.50. The highest BCUT2D eigenvalue weighted by atomic mass is 19.1. The standard InChI is InChI=1S/C15H23F2N/c1-5-9-18-15(11(4)10(2)3)14-12(16)7-6-8-13(14)17/h6-8,10-11,15,18H,5,9H2,1-4H3. The Balaban J connectivity index is 3.08. The average Bonchev–Trinajstić information content (AvgIpc) is 2.32. The summed E-state index contributed by atoms with van der Waals surface area (Å²) in [7, 11) is 0. The van der Waals surface area contributed by atoms with Gasteiger partial charge in [0.2, 0.25) is 0 Å². The van der Waals surface area contributed by atoms with E-state index in [1.807, 2.05) is 13.8 Å². The molecule has 0 heterocycles. The lowest BCUT2D eigenvalue weighted by Gasteiger charge is -2.29. The molecule has 1 N–H and O–H groups in total. The van der Waals surface area contributed by atoms with Gasteiger partial charge in [-0.15, -0.1) is 0 Å². The first-order valence-electron chi connectivity index (χ1n) is 6.66. The van der Waals surface area contributed by atoms with Gasteiger partial charge in [-0.25, -0.2) is 8.78 Å². The summed E-state index contributed by atoms with van der Waals surface area (Å²) in [5.41, 5.74) is 0.173. The zero-order valence-electron chi connectivity index (χ0n) is 11.6. The molecule has 0 aromatic heterocycles. The Hall–Kier alpha value is -0.960. The maximum atomic E-state index is 13.9. The zero-order chi connectivity index (χ0) is 13.7. The predicted molar refractivity (Wildman–Crippen MR) is 71.4 cm³/mol. The van der Waals surface area contributed by atoms with Crippen LogP contribution in [0.1, 0.15) is 45.7 Å². The Labute approximate surface area is 109 Å². The molecule has 0 aliphatic heterocycles. The monoisotopic (exact) mass is 255 g/mol. The molecule has 0 radical (unpaired) electrons. The van der Waals surface area contributed by atoms with E-state index in [2.05, 4.69) is 19.2 Å². The van der Waals surface area contributed by atoms with E-state index in [1.165, 1.54) is 18.2 Å². The molecule has 0 aliphatic rings. The Morgan fingerprint density at radius 1 is 1.11 bits per heavy atom. The van der Waals surface area contributed by atoms with E-state index in [0.717, 1.165) is 13.0 Å². The molecule has 0 saturated heterocycles. The molecule has 1 aromatic carbocycles. The van der Waals surface area contributed by atoms with Crippen molar-refractivity contribution in [1.29, 1.82) is 0 Å². The fourth-order valence-corrected chi connectivity index (χ4v) is 2.04. The molecule has 2 unspecified atom stereocenters. The van der Waals surface area contributed by atoms with Crippen LogP contribution in [-0.2, 0) is 0 Å². The summed E-state index contributed by atoms with van der Waals surface area (Å²) in [6.45, 7) is 8.98. The number of halogens is 2. The second-order valence-electron chi connectivity index (χ2n) is 5.17. The Kier molecular flexibility index (Phi) is 5.73. The first kappa shape index (κ1) is 15.1. The topological polar surface area (TPSA) is 12.0 Å². The number of hydrogen-bond donors (Lipinski definition) is 1. The van der Waals surface area contributed by atoms with Gasteiger partial charge in [-0.3, -0.25) is 0 Å². The molecule has 0 aliphatic carbocycles. The number of hydrogen-bond acceptors (Lipinski definition) is 1. The largest absolute Gasteiger partial charge is 0.310 e. The first-order chi connectivity index (χ1) is 8.49. The van der Waals surface area contributed by atoms with Crippen LogP contribution in [0.5, 0.6) is 0 Å². The molecule has 0 saturated carbocycles. The Bertz CT molecular complexity index is 357. The van der Waals surface area contributed by atoms with Gasteiger partial charge in [0, 0.05) is 11.6 Å². The molecule has 0 bridgehead atoms. The van der Waals surface area contributed by atoms with Gasteiger partial charge in [0.1, 0.15) is 11.6 Å². The molecule has 2 atom stereocenters. The lowest BCUT2D eigenvalue weighted by atomic mass is 9.85. The lowest BCUT2D eigenvalue weighted by molar-refractivity contribution is 0.290. The summed E-state index contributed by atoms with van der Waals surface area (Å²) in [6, 6.07) is 3.79. The normalized spacial score (nSPS) is 14.8. The van der Waals surface area contributed by atoms with Crippen molar-refractivity contribution in [3.05, 3.63) is 35.4 Å². The molecule has 18 heavy (non-hydrogen) atoms. The van der Waals surface area contributed by atoms with Crippen LogP contribution in [0.4, 0.5) is 8.78 Å². The van der Waals surface area contributed by atoms with Crippen molar-refractivity contribution in [2.24, 2.45) is 11.8 Å². The highest BCUT2D eigenvalue weighted by molar-refractivity contribution is 5.24. The highest BCUT2D eigenvalue weighted by Gasteiger charge is 2.26. The third-order valence-electron chi connectivity index (χ3n) is 3.50. The van der Waals surface area contributed by atoms with Gasteiger partial charge in [0.25, 0.3) is 0 Å². The third kappa shape index (κ3) is 3.52. The van der Waals surface area contributed by atoms with Gasteiger partial charge in [0.15, 0.2) is 0 Å². The summed E-state index contributed by atoms with van der Waals surface area (Å²) in [5, 5.41) is 3.27. The molecule has 0 fully saturated rings. The molecule has 1 nitrogen and oxygen atoms in total. The van der Waals surface area contributed by atoms with Crippen LogP contribution in [0, 0.1) is 23.5 Å². The van der Waals surface area contributed by atoms with Gasteiger partial charge < -0.3 is 5.32 Å². The van der Waals surface area contributed by atoms with Crippen molar-refractivity contribution in [3.8, 4) is 0 Å². The molecule has 3 heteroatoms. The second-order valence-corrected chi connectivity index (χ2v) is 5.17. The van der Waals surface area contributed by atoms with E-state index in [9.17, 15) is 8.78 Å². The minimum Gasteiger partial charge on any atom is -0.310 e. The SMILES string of the molecule is CCCNC(c1c(F)cccc1F)C(C)C(C)C. The van der Waals surface area contributed by atoms with Gasteiger partial charge >= 0.3 is 0 Å². The maximum absolute atomic E-state index is 13.9. The Morgan fingerprint density at radius 3 is 2.11 bits per heavy atom. The van der Waals surface area contributed by atoms with Crippen LogP contribution in [0.3, 0.4) is 0 Å². The molecule has 0 amide bonds. The first-order valence-corrected chi connectivity index (χ1v) is 6.66. The van der Waals surface area contributed by atoms with Crippen molar-refractivity contribution >= 4 is 0 Å². The van der Waals surface area contributed by atoms with E-state index in [1.54, 1.807) is 0 Å². The predicted octanol–water partition coefficient (Wildman–Crippen LogP) is 4.30. The van der Waals surface area contributed by atoms with Crippen LogP contribution >= 0.6 is 0 Å². The summed E-state index contributed by atoms with van der Waals surface area (Å²) >= 11 is 0. The highest BCUT2D eigenvalue weighted by Crippen LogP contribution is 2.31. The van der Waals surface area contributed by atoms with Gasteiger partial charge in [-0.05, 0) is 36.9 Å². The van der Waals surface area contributed by atoms with Gasteiger partial charge in [-0.1, -0.05) is 33.8 Å². The van der Waals surface area contributed by atoms with E-state index >= 15 is 0 Å². The molecule has 102 valence electrons. The quantitative estimate of drug-likeness (QED) is 0.799. The van der Waals surface area contributed by atoms with Crippen LogP contribution < -0.4 is 5.32 Å². The Morgan fingerprint density at radius 2 is 1.67 bits per heavy atom. The van der Waals surface area contributed by atoms with E-state index < -0.39 is 11.6 Å². The summed E-state index contributed by atoms with van der Waals surface area (Å²) in [4.78, 5) is 0. The molecular weight excluding hydrogens is 232 g/mol. The summed E-state index contributed by atoms with van der Waals surface area (Å²) in [6.07, 6.45) is 0.942. The zero-order valence-corrected chi connectivity index (χ0v) is 11.6. The molecular formula is C15H23F2N. The van der Waals surface area contributed by atoms with Crippen molar-refractivity contribution in [1.82, 2.24) is 5.32 Å². The maximum Gasteiger partial charge on any atom is 0.130 e. The second kappa shape index (κ2) is 6.83. The molecule has 0 spiro atoms. The summed E-state index contributed by atoms with van der Waals surface area (Å²) in [5.74, 6) is -0.395.